The summed E-state index contributed by atoms with van der Waals surface area (Å²) in [7, 11) is 1.74. The molecule has 0 bridgehead atoms. The number of aryl methyl sites for hydroxylation is 3. The molecule has 0 amide bonds. The highest BCUT2D eigenvalue weighted by Gasteiger charge is 2.10. The lowest BCUT2D eigenvalue weighted by Crippen LogP contribution is -2.11. The van der Waals surface area contributed by atoms with E-state index in [1.165, 1.54) is 4.80 Å². The van der Waals surface area contributed by atoms with Crippen LogP contribution in [0.25, 0.3) is 11.4 Å². The second-order valence-electron chi connectivity index (χ2n) is 4.82. The Balaban J connectivity index is 2.04. The standard InChI is InChI=1S/C14H20N6O2/c1-10-8-12(14-17-19-20(3)18-14)9-11(2)13(10)21-7-5-4-6-16-22-15/h4,6,8-9,16H,5,7,15H2,1-3H3. The Morgan fingerprint density at radius 1 is 1.32 bits per heavy atom. The predicted octanol–water partition coefficient (Wildman–Crippen LogP) is 1.17. The van der Waals surface area contributed by atoms with Crippen LogP contribution in [0.2, 0.25) is 0 Å². The van der Waals surface area contributed by atoms with Gasteiger partial charge in [0.05, 0.1) is 13.7 Å². The molecule has 0 radical (unpaired) electrons. The van der Waals surface area contributed by atoms with E-state index in [-0.39, 0.29) is 0 Å². The summed E-state index contributed by atoms with van der Waals surface area (Å²) in [6.07, 6.45) is 4.23. The molecule has 1 aromatic heterocycles. The first-order valence-electron chi connectivity index (χ1n) is 6.86. The van der Waals surface area contributed by atoms with Crippen molar-refractivity contribution < 1.29 is 9.68 Å². The molecule has 118 valence electrons. The fourth-order valence-electron chi connectivity index (χ4n) is 2.11. The van der Waals surface area contributed by atoms with Gasteiger partial charge in [0, 0.05) is 18.2 Å². The molecule has 8 nitrogen and oxygen atoms in total. The first-order valence-corrected chi connectivity index (χ1v) is 6.86. The van der Waals surface area contributed by atoms with Crippen LogP contribution in [-0.2, 0) is 12.0 Å². The van der Waals surface area contributed by atoms with Crippen LogP contribution in [0.5, 0.6) is 5.75 Å². The Labute approximate surface area is 128 Å². The van der Waals surface area contributed by atoms with E-state index in [9.17, 15) is 0 Å². The minimum absolute atomic E-state index is 0.563. The van der Waals surface area contributed by atoms with Crippen molar-refractivity contribution in [1.82, 2.24) is 25.7 Å². The normalized spacial score (nSPS) is 11.1. The molecule has 0 aliphatic carbocycles. The molecule has 0 saturated carbocycles. The zero-order valence-electron chi connectivity index (χ0n) is 12.9. The molecule has 2 aromatic rings. The lowest BCUT2D eigenvalue weighted by molar-refractivity contribution is 0.0720. The zero-order valence-corrected chi connectivity index (χ0v) is 12.9. The highest BCUT2D eigenvalue weighted by atomic mass is 16.8. The van der Waals surface area contributed by atoms with Gasteiger partial charge in [0.1, 0.15) is 5.75 Å². The first-order chi connectivity index (χ1) is 10.6. The summed E-state index contributed by atoms with van der Waals surface area (Å²) in [6.45, 7) is 4.57. The molecule has 3 N–H and O–H groups in total. The summed E-state index contributed by atoms with van der Waals surface area (Å²) in [5, 5.41) is 12.1. The summed E-state index contributed by atoms with van der Waals surface area (Å²) < 4.78 is 5.83. The van der Waals surface area contributed by atoms with Crippen molar-refractivity contribution in [1.29, 1.82) is 0 Å². The van der Waals surface area contributed by atoms with Crippen molar-refractivity contribution in [3.05, 3.63) is 35.5 Å². The minimum Gasteiger partial charge on any atom is -0.493 e. The number of nitrogens with two attached hydrogens (primary N) is 1. The highest BCUT2D eigenvalue weighted by Crippen LogP contribution is 2.28. The number of benzene rings is 1. The van der Waals surface area contributed by atoms with Gasteiger partial charge in [0.2, 0.25) is 5.82 Å². The number of aromatic nitrogens is 4. The third-order valence-corrected chi connectivity index (χ3v) is 3.01. The van der Waals surface area contributed by atoms with E-state index in [4.69, 9.17) is 10.6 Å². The van der Waals surface area contributed by atoms with Crippen LogP contribution in [-0.4, -0.2) is 26.8 Å². The Morgan fingerprint density at radius 3 is 2.64 bits per heavy atom. The maximum atomic E-state index is 5.83. The number of hydrogen-bond acceptors (Lipinski definition) is 7. The van der Waals surface area contributed by atoms with Crippen LogP contribution >= 0.6 is 0 Å². The molecule has 0 fully saturated rings. The molecule has 8 heteroatoms. The molecule has 0 atom stereocenters. The predicted molar refractivity (Wildman–Crippen MR) is 81.4 cm³/mol. The molecule has 0 unspecified atom stereocenters. The topological polar surface area (TPSA) is 100 Å². The Bertz CT molecular complexity index is 630. The van der Waals surface area contributed by atoms with Gasteiger partial charge >= 0.3 is 0 Å². The monoisotopic (exact) mass is 304 g/mol. The molecular weight excluding hydrogens is 284 g/mol. The van der Waals surface area contributed by atoms with Crippen LogP contribution in [0.4, 0.5) is 0 Å². The van der Waals surface area contributed by atoms with Crippen molar-refractivity contribution in [2.45, 2.75) is 20.3 Å². The van der Waals surface area contributed by atoms with E-state index in [2.05, 4.69) is 25.8 Å². The lowest BCUT2D eigenvalue weighted by atomic mass is 10.1. The largest absolute Gasteiger partial charge is 0.493 e. The summed E-state index contributed by atoms with van der Waals surface area (Å²) in [5.41, 5.74) is 5.42. The average Bonchev–Trinajstić information content (AvgIpc) is 2.91. The van der Waals surface area contributed by atoms with Crippen molar-refractivity contribution in [2.75, 3.05) is 6.61 Å². The second kappa shape index (κ2) is 7.53. The summed E-state index contributed by atoms with van der Waals surface area (Å²) >= 11 is 0. The number of nitrogens with one attached hydrogen (secondary N) is 1. The molecule has 0 aliphatic rings. The Kier molecular flexibility index (Phi) is 5.45. The van der Waals surface area contributed by atoms with E-state index >= 15 is 0 Å². The number of hydroxylamine groups is 1. The maximum Gasteiger partial charge on any atom is 0.204 e. The fraction of sp³-hybridized carbons (Fsp3) is 0.357. The van der Waals surface area contributed by atoms with Gasteiger partial charge in [0.15, 0.2) is 0 Å². The summed E-state index contributed by atoms with van der Waals surface area (Å²) in [5.74, 6) is 6.31. The quantitative estimate of drug-likeness (QED) is 0.585. The number of hydrogen-bond donors (Lipinski definition) is 2. The number of rotatable bonds is 7. The Morgan fingerprint density at radius 2 is 2.05 bits per heavy atom. The molecular formula is C14H20N6O2. The van der Waals surface area contributed by atoms with Gasteiger partial charge < -0.3 is 4.74 Å². The summed E-state index contributed by atoms with van der Waals surface area (Å²) in [4.78, 5) is 5.65. The van der Waals surface area contributed by atoms with Crippen molar-refractivity contribution in [3.8, 4) is 17.1 Å². The van der Waals surface area contributed by atoms with E-state index < -0.39 is 0 Å². The molecule has 0 aliphatic heterocycles. The fourth-order valence-corrected chi connectivity index (χ4v) is 2.11. The van der Waals surface area contributed by atoms with Crippen LogP contribution in [0.3, 0.4) is 0 Å². The van der Waals surface area contributed by atoms with Crippen molar-refractivity contribution >= 4 is 0 Å². The van der Waals surface area contributed by atoms with Gasteiger partial charge in [0.25, 0.3) is 0 Å². The highest BCUT2D eigenvalue weighted by molar-refractivity contribution is 5.60. The van der Waals surface area contributed by atoms with Crippen LogP contribution in [0, 0.1) is 13.8 Å². The van der Waals surface area contributed by atoms with E-state index in [0.29, 0.717) is 12.4 Å². The van der Waals surface area contributed by atoms with Crippen molar-refractivity contribution in [3.63, 3.8) is 0 Å². The molecule has 22 heavy (non-hydrogen) atoms. The van der Waals surface area contributed by atoms with E-state index in [0.717, 1.165) is 28.9 Å². The van der Waals surface area contributed by atoms with Crippen LogP contribution in [0.1, 0.15) is 17.5 Å². The minimum atomic E-state index is 0.563. The van der Waals surface area contributed by atoms with Gasteiger partial charge in [-0.1, -0.05) is 6.08 Å². The van der Waals surface area contributed by atoms with Gasteiger partial charge in [-0.25, -0.2) is 0 Å². The van der Waals surface area contributed by atoms with E-state index in [1.54, 1.807) is 13.2 Å². The zero-order chi connectivity index (χ0) is 15.9. The number of tetrazole rings is 1. The van der Waals surface area contributed by atoms with Crippen LogP contribution in [0.15, 0.2) is 24.4 Å². The maximum absolute atomic E-state index is 5.83. The van der Waals surface area contributed by atoms with Gasteiger partial charge in [-0.3, -0.25) is 5.48 Å². The van der Waals surface area contributed by atoms with Gasteiger partial charge in [-0.05, 0) is 42.3 Å². The van der Waals surface area contributed by atoms with Crippen molar-refractivity contribution in [2.24, 2.45) is 12.9 Å². The first kappa shape index (κ1) is 15.9. The molecule has 2 rings (SSSR count). The summed E-state index contributed by atoms with van der Waals surface area (Å²) in [6, 6.07) is 4.00. The second-order valence-corrected chi connectivity index (χ2v) is 4.82. The molecule has 0 saturated heterocycles. The average molecular weight is 304 g/mol. The molecule has 1 aromatic carbocycles. The lowest BCUT2D eigenvalue weighted by Gasteiger charge is -2.12. The smallest absolute Gasteiger partial charge is 0.204 e. The third kappa shape index (κ3) is 4.03. The number of nitrogens with zero attached hydrogens (tertiary/aromatic N) is 4. The van der Waals surface area contributed by atoms with Crippen LogP contribution < -0.4 is 16.1 Å². The molecule has 1 heterocycles. The molecule has 0 spiro atoms. The SMILES string of the molecule is Cc1cc(-c2nnn(C)n2)cc(C)c1OCCC=CNON. The van der Waals surface area contributed by atoms with E-state index in [1.807, 2.05) is 32.1 Å². The Hall–Kier alpha value is -2.45. The third-order valence-electron chi connectivity index (χ3n) is 3.01. The number of ether oxygens (including phenoxy) is 1. The van der Waals surface area contributed by atoms with Gasteiger partial charge in [-0.2, -0.15) is 15.6 Å². The van der Waals surface area contributed by atoms with Gasteiger partial charge in [-0.15, -0.1) is 10.2 Å².